The van der Waals surface area contributed by atoms with Crippen LogP contribution in [0.4, 0.5) is 0 Å². The van der Waals surface area contributed by atoms with Crippen LogP contribution in [0, 0.1) is 5.92 Å². The first-order chi connectivity index (χ1) is 6.76. The Morgan fingerprint density at radius 3 is 2.43 bits per heavy atom. The summed E-state index contributed by atoms with van der Waals surface area (Å²) in [5, 5.41) is 0. The molecule has 1 heteroatoms. The van der Waals surface area contributed by atoms with E-state index in [0.29, 0.717) is 6.04 Å². The van der Waals surface area contributed by atoms with E-state index in [-0.39, 0.29) is 0 Å². The van der Waals surface area contributed by atoms with E-state index in [4.69, 9.17) is 5.73 Å². The van der Waals surface area contributed by atoms with Gasteiger partial charge in [0.2, 0.25) is 0 Å². The molecule has 2 atom stereocenters. The molecule has 84 valence electrons. The molecule has 14 heavy (non-hydrogen) atoms. The Morgan fingerprint density at radius 1 is 1.21 bits per heavy atom. The number of nitrogens with two attached hydrogens (primary N) is 1. The molecule has 0 aliphatic rings. The van der Waals surface area contributed by atoms with Gasteiger partial charge in [-0.2, -0.15) is 0 Å². The molecular formula is C13H27N. The maximum absolute atomic E-state index is 6.18. The van der Waals surface area contributed by atoms with Gasteiger partial charge in [-0.25, -0.2) is 0 Å². The first kappa shape index (κ1) is 13.7. The summed E-state index contributed by atoms with van der Waals surface area (Å²) in [7, 11) is 0. The number of unbranched alkanes of at least 4 members (excludes halogenated alkanes) is 2. The van der Waals surface area contributed by atoms with Gasteiger partial charge >= 0.3 is 0 Å². The summed E-state index contributed by atoms with van der Waals surface area (Å²) >= 11 is 0. The van der Waals surface area contributed by atoms with Crippen LogP contribution >= 0.6 is 0 Å². The quantitative estimate of drug-likeness (QED) is 0.440. The lowest BCUT2D eigenvalue weighted by atomic mass is 9.89. The molecule has 0 bridgehead atoms. The molecule has 0 saturated heterocycles. The van der Waals surface area contributed by atoms with Crippen LogP contribution in [0.1, 0.15) is 58.8 Å². The van der Waals surface area contributed by atoms with Crippen LogP contribution in [-0.4, -0.2) is 6.04 Å². The van der Waals surface area contributed by atoms with Crippen LogP contribution in [0.5, 0.6) is 0 Å². The van der Waals surface area contributed by atoms with Gasteiger partial charge in [0.1, 0.15) is 0 Å². The predicted octanol–water partition coefficient (Wildman–Crippen LogP) is 3.89. The molecule has 0 amide bonds. The van der Waals surface area contributed by atoms with Gasteiger partial charge in [0.15, 0.2) is 0 Å². The van der Waals surface area contributed by atoms with Crippen LogP contribution in [0.2, 0.25) is 0 Å². The van der Waals surface area contributed by atoms with Crippen molar-refractivity contribution in [3.63, 3.8) is 0 Å². The maximum atomic E-state index is 6.18. The minimum atomic E-state index is 0.409. The van der Waals surface area contributed by atoms with E-state index in [1.54, 1.807) is 0 Å². The average molecular weight is 197 g/mol. The molecule has 0 aromatic carbocycles. The van der Waals surface area contributed by atoms with Crippen LogP contribution in [0.3, 0.4) is 0 Å². The van der Waals surface area contributed by atoms with E-state index in [9.17, 15) is 0 Å². The Balaban J connectivity index is 3.66. The van der Waals surface area contributed by atoms with Gasteiger partial charge in [0.05, 0.1) is 0 Å². The zero-order valence-corrected chi connectivity index (χ0v) is 9.97. The zero-order valence-electron chi connectivity index (χ0n) is 9.97. The van der Waals surface area contributed by atoms with E-state index >= 15 is 0 Å². The van der Waals surface area contributed by atoms with E-state index in [0.717, 1.165) is 18.8 Å². The normalized spacial score (nSPS) is 15.1. The average Bonchev–Trinajstić information content (AvgIpc) is 2.19. The molecule has 2 unspecified atom stereocenters. The van der Waals surface area contributed by atoms with Crippen molar-refractivity contribution < 1.29 is 0 Å². The fraction of sp³-hybridized carbons (Fsp3) is 0.846. The third-order valence-corrected chi connectivity index (χ3v) is 3.00. The largest absolute Gasteiger partial charge is 0.327 e. The molecule has 2 N–H and O–H groups in total. The third kappa shape index (κ3) is 6.20. The summed E-state index contributed by atoms with van der Waals surface area (Å²) in [5.41, 5.74) is 6.18. The molecule has 0 aliphatic carbocycles. The summed E-state index contributed by atoms with van der Waals surface area (Å²) in [6.45, 7) is 8.23. The molecule has 0 aliphatic heterocycles. The Kier molecular flexibility index (Phi) is 9.06. The van der Waals surface area contributed by atoms with E-state index in [1.807, 2.05) is 6.08 Å². The van der Waals surface area contributed by atoms with Crippen molar-refractivity contribution in [3.8, 4) is 0 Å². The van der Waals surface area contributed by atoms with Crippen molar-refractivity contribution >= 4 is 0 Å². The van der Waals surface area contributed by atoms with Crippen LogP contribution in [0.25, 0.3) is 0 Å². The van der Waals surface area contributed by atoms with Crippen molar-refractivity contribution in [2.75, 3.05) is 0 Å². The van der Waals surface area contributed by atoms with Crippen molar-refractivity contribution in [2.24, 2.45) is 11.7 Å². The molecule has 0 saturated carbocycles. The van der Waals surface area contributed by atoms with E-state index < -0.39 is 0 Å². The minimum absolute atomic E-state index is 0.409. The first-order valence-electron chi connectivity index (χ1n) is 6.12. The number of rotatable bonds is 9. The maximum Gasteiger partial charge on any atom is 0.00671 e. The van der Waals surface area contributed by atoms with Gasteiger partial charge in [-0.15, -0.1) is 6.58 Å². The van der Waals surface area contributed by atoms with Crippen molar-refractivity contribution in [3.05, 3.63) is 12.7 Å². The molecule has 0 aromatic rings. The van der Waals surface area contributed by atoms with E-state index in [1.165, 1.54) is 32.1 Å². The molecule has 0 heterocycles. The molecule has 0 spiro atoms. The monoisotopic (exact) mass is 197 g/mol. The Bertz CT molecular complexity index is 131. The summed E-state index contributed by atoms with van der Waals surface area (Å²) in [5.74, 6) is 0.736. The lowest BCUT2D eigenvalue weighted by Gasteiger charge is -2.22. The van der Waals surface area contributed by atoms with Crippen molar-refractivity contribution in [1.29, 1.82) is 0 Å². The van der Waals surface area contributed by atoms with Crippen molar-refractivity contribution in [1.82, 2.24) is 0 Å². The zero-order chi connectivity index (χ0) is 10.8. The van der Waals surface area contributed by atoms with Gasteiger partial charge in [-0.3, -0.25) is 0 Å². The van der Waals surface area contributed by atoms with Crippen LogP contribution in [0.15, 0.2) is 12.7 Å². The van der Waals surface area contributed by atoms with E-state index in [2.05, 4.69) is 20.4 Å². The Labute approximate surface area is 89.8 Å². The second-order valence-corrected chi connectivity index (χ2v) is 4.19. The molecular weight excluding hydrogens is 170 g/mol. The summed E-state index contributed by atoms with van der Waals surface area (Å²) in [6.07, 6.45) is 10.6. The van der Waals surface area contributed by atoms with Gasteiger partial charge in [0, 0.05) is 6.04 Å². The highest BCUT2D eigenvalue weighted by molar-refractivity contribution is 4.74. The van der Waals surface area contributed by atoms with Crippen LogP contribution in [-0.2, 0) is 0 Å². The lowest BCUT2D eigenvalue weighted by molar-refractivity contribution is 0.351. The van der Waals surface area contributed by atoms with Gasteiger partial charge in [-0.05, 0) is 31.6 Å². The van der Waals surface area contributed by atoms with Gasteiger partial charge < -0.3 is 5.73 Å². The minimum Gasteiger partial charge on any atom is -0.327 e. The highest BCUT2D eigenvalue weighted by Gasteiger charge is 2.14. The highest BCUT2D eigenvalue weighted by atomic mass is 14.6. The second-order valence-electron chi connectivity index (χ2n) is 4.19. The fourth-order valence-corrected chi connectivity index (χ4v) is 1.92. The Hall–Kier alpha value is -0.300. The third-order valence-electron chi connectivity index (χ3n) is 3.00. The standard InChI is InChI=1S/C13H27N/c1-4-7-9-11-13(14)12(6-3)10-8-5-2/h4,12-13H,1,5-11,14H2,2-3H3. The number of hydrogen-bond donors (Lipinski definition) is 1. The SMILES string of the molecule is C=CCCCC(N)C(CC)CCCC. The van der Waals surface area contributed by atoms with Crippen molar-refractivity contribution in [2.45, 2.75) is 64.8 Å². The number of allylic oxidation sites excluding steroid dienone is 1. The first-order valence-corrected chi connectivity index (χ1v) is 6.12. The topological polar surface area (TPSA) is 26.0 Å². The smallest absolute Gasteiger partial charge is 0.00671 e. The molecule has 1 nitrogen and oxygen atoms in total. The van der Waals surface area contributed by atoms with Gasteiger partial charge in [0.25, 0.3) is 0 Å². The molecule has 0 radical (unpaired) electrons. The predicted molar refractivity (Wildman–Crippen MR) is 65.3 cm³/mol. The Morgan fingerprint density at radius 2 is 1.93 bits per heavy atom. The van der Waals surface area contributed by atoms with Gasteiger partial charge in [-0.1, -0.05) is 39.2 Å². The molecule has 0 rings (SSSR count). The molecule has 0 aromatic heterocycles. The number of hydrogen-bond acceptors (Lipinski definition) is 1. The molecule has 0 fully saturated rings. The summed E-state index contributed by atoms with van der Waals surface area (Å²) in [6, 6.07) is 0.409. The fourth-order valence-electron chi connectivity index (χ4n) is 1.92. The van der Waals surface area contributed by atoms with Crippen LogP contribution < -0.4 is 5.73 Å². The lowest BCUT2D eigenvalue weighted by Crippen LogP contribution is -2.29. The second kappa shape index (κ2) is 9.26. The highest BCUT2D eigenvalue weighted by Crippen LogP contribution is 2.19. The summed E-state index contributed by atoms with van der Waals surface area (Å²) in [4.78, 5) is 0. The summed E-state index contributed by atoms with van der Waals surface area (Å²) < 4.78 is 0.